The zero-order valence-electron chi connectivity index (χ0n) is 18.1. The molecule has 4 atom stereocenters. The highest BCUT2D eigenvalue weighted by molar-refractivity contribution is 5.92. The van der Waals surface area contributed by atoms with E-state index in [-0.39, 0.29) is 31.3 Å². The molecular formula is C18H35N7O6. The molecule has 13 nitrogen and oxygen atoms in total. The molecule has 0 heterocycles. The third-order valence-electron chi connectivity index (χ3n) is 4.16. The van der Waals surface area contributed by atoms with Gasteiger partial charge >= 0.3 is 5.97 Å². The molecule has 3 amide bonds. The minimum Gasteiger partial charge on any atom is -0.480 e. The molecule has 13 heteroatoms. The highest BCUT2D eigenvalue weighted by Gasteiger charge is 2.27. The molecule has 0 rings (SSSR count). The third kappa shape index (κ3) is 12.4. The summed E-state index contributed by atoms with van der Waals surface area (Å²) in [6.45, 7) is 4.76. The monoisotopic (exact) mass is 445 g/mol. The molecule has 0 bridgehead atoms. The van der Waals surface area contributed by atoms with Crippen molar-refractivity contribution in [3.05, 3.63) is 0 Å². The van der Waals surface area contributed by atoms with E-state index in [9.17, 15) is 29.4 Å². The van der Waals surface area contributed by atoms with Crippen molar-refractivity contribution in [2.45, 2.75) is 64.3 Å². The van der Waals surface area contributed by atoms with Crippen LogP contribution in [-0.2, 0) is 19.2 Å². The molecular weight excluding hydrogens is 410 g/mol. The molecule has 0 radical (unpaired) electrons. The van der Waals surface area contributed by atoms with Gasteiger partial charge in [-0.15, -0.1) is 0 Å². The maximum atomic E-state index is 12.4. The van der Waals surface area contributed by atoms with E-state index in [1.165, 1.54) is 6.92 Å². The van der Waals surface area contributed by atoms with Gasteiger partial charge in [0.2, 0.25) is 17.7 Å². The van der Waals surface area contributed by atoms with Gasteiger partial charge in [0.05, 0.1) is 12.6 Å². The number of carbonyl (C=O) groups excluding carboxylic acids is 3. The van der Waals surface area contributed by atoms with Gasteiger partial charge in [-0.05, 0) is 32.1 Å². The molecule has 0 saturated carbocycles. The fourth-order valence-electron chi connectivity index (χ4n) is 2.49. The molecule has 0 aliphatic carbocycles. The number of nitrogens with zero attached hydrogens (tertiary/aromatic N) is 1. The Labute approximate surface area is 181 Å². The van der Waals surface area contributed by atoms with Crippen molar-refractivity contribution in [2.24, 2.45) is 28.1 Å². The summed E-state index contributed by atoms with van der Waals surface area (Å²) in [5.41, 5.74) is 16.0. The van der Waals surface area contributed by atoms with Crippen LogP contribution in [0.4, 0.5) is 0 Å². The van der Waals surface area contributed by atoms with Gasteiger partial charge in [0.25, 0.3) is 0 Å². The number of rotatable bonds is 14. The number of nitrogens with one attached hydrogen (secondary N) is 3. The molecule has 178 valence electrons. The molecule has 0 spiro atoms. The number of aliphatic hydroxyl groups is 1. The molecule has 0 aliphatic rings. The second-order valence-corrected chi connectivity index (χ2v) is 7.58. The van der Waals surface area contributed by atoms with Crippen molar-refractivity contribution in [2.75, 3.05) is 13.1 Å². The van der Waals surface area contributed by atoms with Crippen molar-refractivity contribution >= 4 is 29.7 Å². The first kappa shape index (κ1) is 28.1. The van der Waals surface area contributed by atoms with Crippen molar-refractivity contribution in [1.29, 1.82) is 0 Å². The zero-order valence-corrected chi connectivity index (χ0v) is 18.1. The lowest BCUT2D eigenvalue weighted by Crippen LogP contribution is -2.55. The lowest BCUT2D eigenvalue weighted by molar-refractivity contribution is -0.142. The molecule has 0 fully saturated rings. The van der Waals surface area contributed by atoms with Crippen LogP contribution in [0.2, 0.25) is 0 Å². The Hall–Kier alpha value is -2.93. The van der Waals surface area contributed by atoms with Crippen LogP contribution in [0.1, 0.15) is 40.0 Å². The Bertz CT molecular complexity index is 649. The van der Waals surface area contributed by atoms with E-state index in [1.54, 1.807) is 0 Å². The van der Waals surface area contributed by atoms with E-state index in [0.717, 1.165) is 0 Å². The average Bonchev–Trinajstić information content (AvgIpc) is 2.66. The number of hydrogen-bond donors (Lipinski definition) is 8. The van der Waals surface area contributed by atoms with E-state index in [4.69, 9.17) is 17.2 Å². The lowest BCUT2D eigenvalue weighted by Gasteiger charge is -2.23. The van der Waals surface area contributed by atoms with E-state index in [2.05, 4.69) is 20.9 Å². The largest absolute Gasteiger partial charge is 0.480 e. The number of carboxylic acid groups (broad SMARTS) is 1. The summed E-state index contributed by atoms with van der Waals surface area (Å²) in [6, 6.07) is -3.35. The van der Waals surface area contributed by atoms with Gasteiger partial charge in [0.15, 0.2) is 5.96 Å². The SMILES string of the molecule is CC(C)CC(NC(=O)C(N)C(C)O)C(=O)NCC(=O)NC(CCCN=C(N)N)C(=O)O. The van der Waals surface area contributed by atoms with E-state index in [0.29, 0.717) is 6.42 Å². The zero-order chi connectivity index (χ0) is 24.1. The summed E-state index contributed by atoms with van der Waals surface area (Å²) in [5, 5.41) is 25.8. The topological polar surface area (TPSA) is 235 Å². The van der Waals surface area contributed by atoms with Crippen LogP contribution in [0.15, 0.2) is 4.99 Å². The normalized spacial score (nSPS) is 14.6. The molecule has 0 aromatic heterocycles. The molecule has 0 saturated heterocycles. The first-order chi connectivity index (χ1) is 14.3. The van der Waals surface area contributed by atoms with Gasteiger partial charge in [0.1, 0.15) is 18.1 Å². The second kappa shape index (κ2) is 14.1. The van der Waals surface area contributed by atoms with Gasteiger partial charge in [-0.1, -0.05) is 13.8 Å². The maximum absolute atomic E-state index is 12.4. The number of aliphatic hydroxyl groups excluding tert-OH is 1. The molecule has 0 aromatic carbocycles. The van der Waals surface area contributed by atoms with Gasteiger partial charge in [-0.25, -0.2) is 4.79 Å². The summed E-state index contributed by atoms with van der Waals surface area (Å²) in [6.07, 6.45) is -0.412. The summed E-state index contributed by atoms with van der Waals surface area (Å²) in [7, 11) is 0. The first-order valence-electron chi connectivity index (χ1n) is 9.94. The van der Waals surface area contributed by atoms with Crippen LogP contribution >= 0.6 is 0 Å². The number of carboxylic acids is 1. The van der Waals surface area contributed by atoms with E-state index in [1.807, 2.05) is 13.8 Å². The average molecular weight is 446 g/mol. The Morgan fingerprint density at radius 1 is 1.00 bits per heavy atom. The minimum absolute atomic E-state index is 0.0364. The summed E-state index contributed by atoms with van der Waals surface area (Å²) in [4.78, 5) is 51.6. The number of carbonyl (C=O) groups is 4. The van der Waals surface area contributed by atoms with Crippen LogP contribution in [0.5, 0.6) is 0 Å². The molecule has 0 aromatic rings. The lowest BCUT2D eigenvalue weighted by atomic mass is 10.0. The third-order valence-corrected chi connectivity index (χ3v) is 4.16. The fourth-order valence-corrected chi connectivity index (χ4v) is 2.49. The van der Waals surface area contributed by atoms with Crippen molar-refractivity contribution < 1.29 is 29.4 Å². The standard InChI is InChI=1S/C18H35N7O6/c1-9(2)7-12(25-16(29)14(19)10(3)26)15(28)23-8-13(27)24-11(17(30)31)5-4-6-22-18(20)21/h9-12,14,26H,4-8,19H2,1-3H3,(H,23,28)(H,24,27)(H,25,29)(H,30,31)(H4,20,21,22). The maximum Gasteiger partial charge on any atom is 0.326 e. The van der Waals surface area contributed by atoms with Crippen molar-refractivity contribution in [3.63, 3.8) is 0 Å². The first-order valence-corrected chi connectivity index (χ1v) is 9.94. The Balaban J connectivity index is 4.79. The number of amides is 3. The number of nitrogens with two attached hydrogens (primary N) is 3. The molecule has 31 heavy (non-hydrogen) atoms. The smallest absolute Gasteiger partial charge is 0.326 e. The fraction of sp³-hybridized carbons (Fsp3) is 0.722. The van der Waals surface area contributed by atoms with Crippen LogP contribution in [0.3, 0.4) is 0 Å². The van der Waals surface area contributed by atoms with E-state index < -0.39 is 54.5 Å². The van der Waals surface area contributed by atoms with E-state index >= 15 is 0 Å². The number of guanidine groups is 1. The molecule has 4 unspecified atom stereocenters. The van der Waals surface area contributed by atoms with Crippen molar-refractivity contribution in [1.82, 2.24) is 16.0 Å². The summed E-state index contributed by atoms with van der Waals surface area (Å²) in [5.74, 6) is -3.36. The predicted octanol–water partition coefficient (Wildman–Crippen LogP) is -3.04. The van der Waals surface area contributed by atoms with Gasteiger partial charge in [-0.2, -0.15) is 0 Å². The van der Waals surface area contributed by atoms with Crippen LogP contribution in [0.25, 0.3) is 0 Å². The molecule has 0 aliphatic heterocycles. The van der Waals surface area contributed by atoms with Crippen LogP contribution in [0, 0.1) is 5.92 Å². The number of hydrogen-bond acceptors (Lipinski definition) is 7. The highest BCUT2D eigenvalue weighted by Crippen LogP contribution is 2.06. The highest BCUT2D eigenvalue weighted by atomic mass is 16.4. The van der Waals surface area contributed by atoms with Crippen LogP contribution in [-0.4, -0.2) is 77.2 Å². The Morgan fingerprint density at radius 2 is 1.61 bits per heavy atom. The molecule has 11 N–H and O–H groups in total. The van der Waals surface area contributed by atoms with Crippen LogP contribution < -0.4 is 33.2 Å². The quantitative estimate of drug-likeness (QED) is 0.0769. The predicted molar refractivity (Wildman–Crippen MR) is 114 cm³/mol. The summed E-state index contributed by atoms with van der Waals surface area (Å²) >= 11 is 0. The van der Waals surface area contributed by atoms with Crippen molar-refractivity contribution in [3.8, 4) is 0 Å². The number of aliphatic carboxylic acids is 1. The summed E-state index contributed by atoms with van der Waals surface area (Å²) < 4.78 is 0. The van der Waals surface area contributed by atoms with Gasteiger partial charge in [-0.3, -0.25) is 19.4 Å². The second-order valence-electron chi connectivity index (χ2n) is 7.58. The Kier molecular flexibility index (Phi) is 12.8. The van der Waals surface area contributed by atoms with Gasteiger partial charge < -0.3 is 43.4 Å². The minimum atomic E-state index is -1.23. The Morgan fingerprint density at radius 3 is 2.10 bits per heavy atom. The number of aliphatic imine (C=N–C) groups is 1. The van der Waals surface area contributed by atoms with Gasteiger partial charge in [0, 0.05) is 6.54 Å².